The van der Waals surface area contributed by atoms with E-state index in [1.54, 1.807) is 28.8 Å². The number of carbonyl (C=O) groups excluding carboxylic acids is 2. The number of aryl methyl sites for hydroxylation is 2. The molecule has 0 radical (unpaired) electrons. The Bertz CT molecular complexity index is 788. The number of rotatable bonds is 1. The first-order valence-electron chi connectivity index (χ1n) is 8.09. The summed E-state index contributed by atoms with van der Waals surface area (Å²) in [6.07, 6.45) is 1.94. The third-order valence-corrected chi connectivity index (χ3v) is 4.36. The second-order valence-corrected chi connectivity index (χ2v) is 6.44. The molecule has 0 aliphatic carbocycles. The summed E-state index contributed by atoms with van der Waals surface area (Å²) in [5, 5.41) is 0. The molecule has 2 aromatic heterocycles. The highest BCUT2D eigenvalue weighted by Gasteiger charge is 2.28. The first kappa shape index (κ1) is 16.3. The average Bonchev–Trinajstić information content (AvgIpc) is 2.88. The Hall–Kier alpha value is -2.57. The molecule has 7 heteroatoms. The lowest BCUT2D eigenvalue weighted by Crippen LogP contribution is -2.53. The minimum Gasteiger partial charge on any atom is -0.334 e. The summed E-state index contributed by atoms with van der Waals surface area (Å²) >= 11 is 0. The molecule has 7 nitrogen and oxygen atoms in total. The molecule has 0 bridgehead atoms. The van der Waals surface area contributed by atoms with Crippen LogP contribution >= 0.6 is 0 Å². The Morgan fingerprint density at radius 3 is 2.29 bits per heavy atom. The maximum atomic E-state index is 13.0. The molecule has 128 valence electrons. The van der Waals surface area contributed by atoms with Crippen LogP contribution in [0.5, 0.6) is 0 Å². The van der Waals surface area contributed by atoms with Crippen LogP contribution in [0.4, 0.5) is 4.79 Å². The van der Waals surface area contributed by atoms with Crippen molar-refractivity contribution < 1.29 is 9.59 Å². The Balaban J connectivity index is 1.80. The van der Waals surface area contributed by atoms with Gasteiger partial charge in [-0.1, -0.05) is 6.07 Å². The number of amides is 3. The molecular formula is C17H23N5O2. The van der Waals surface area contributed by atoms with Gasteiger partial charge in [0.25, 0.3) is 5.91 Å². The van der Waals surface area contributed by atoms with Crippen LogP contribution in [0.3, 0.4) is 0 Å². The summed E-state index contributed by atoms with van der Waals surface area (Å²) in [6.45, 7) is 6.04. The topological polar surface area (TPSA) is 61.2 Å². The van der Waals surface area contributed by atoms with Crippen molar-refractivity contribution in [1.82, 2.24) is 24.1 Å². The number of hydrogen-bond donors (Lipinski definition) is 0. The molecule has 0 saturated carbocycles. The van der Waals surface area contributed by atoms with Crippen LogP contribution in [0.25, 0.3) is 5.65 Å². The molecule has 3 amide bonds. The molecule has 2 aromatic rings. The molecule has 0 unspecified atom stereocenters. The van der Waals surface area contributed by atoms with E-state index in [9.17, 15) is 9.59 Å². The van der Waals surface area contributed by atoms with Crippen LogP contribution in [-0.4, -0.2) is 76.3 Å². The van der Waals surface area contributed by atoms with E-state index in [0.717, 1.165) is 16.9 Å². The zero-order chi connectivity index (χ0) is 17.4. The van der Waals surface area contributed by atoms with E-state index >= 15 is 0 Å². The Labute approximate surface area is 141 Å². The third-order valence-electron chi connectivity index (χ3n) is 4.36. The molecule has 3 rings (SSSR count). The number of fused-ring (bicyclic) bond motifs is 1. The van der Waals surface area contributed by atoms with E-state index in [1.807, 2.05) is 36.6 Å². The molecule has 0 atom stereocenters. The van der Waals surface area contributed by atoms with Gasteiger partial charge in [0.1, 0.15) is 11.3 Å². The van der Waals surface area contributed by atoms with Gasteiger partial charge >= 0.3 is 6.03 Å². The Kier molecular flexibility index (Phi) is 4.17. The van der Waals surface area contributed by atoms with Crippen molar-refractivity contribution in [2.24, 2.45) is 0 Å². The standard InChI is InChI=1S/C17H23N5O2/c1-12-5-6-14-18-13(2)15(22(14)11-12)16(23)20-7-9-21(10-8-20)17(24)19(3)4/h5-6,11H,7-10H2,1-4H3. The lowest BCUT2D eigenvalue weighted by Gasteiger charge is -2.35. The fourth-order valence-electron chi connectivity index (χ4n) is 3.06. The van der Waals surface area contributed by atoms with Crippen LogP contribution < -0.4 is 0 Å². The fraction of sp³-hybridized carbons (Fsp3) is 0.471. The molecule has 1 aliphatic rings. The minimum atomic E-state index is -0.0254. The van der Waals surface area contributed by atoms with Crippen LogP contribution in [-0.2, 0) is 0 Å². The highest BCUT2D eigenvalue weighted by molar-refractivity contribution is 5.95. The van der Waals surface area contributed by atoms with Crippen molar-refractivity contribution >= 4 is 17.6 Å². The first-order chi connectivity index (χ1) is 11.4. The van der Waals surface area contributed by atoms with Gasteiger partial charge in [0, 0.05) is 46.5 Å². The number of nitrogens with zero attached hydrogens (tertiary/aromatic N) is 5. The number of carbonyl (C=O) groups is 2. The highest BCUT2D eigenvalue weighted by Crippen LogP contribution is 2.17. The van der Waals surface area contributed by atoms with Gasteiger partial charge in [-0.2, -0.15) is 0 Å². The summed E-state index contributed by atoms with van der Waals surface area (Å²) in [7, 11) is 3.48. The van der Waals surface area contributed by atoms with Crippen molar-refractivity contribution in [3.8, 4) is 0 Å². The monoisotopic (exact) mass is 329 g/mol. The van der Waals surface area contributed by atoms with Crippen LogP contribution in [0.2, 0.25) is 0 Å². The van der Waals surface area contributed by atoms with Crippen molar-refractivity contribution in [2.45, 2.75) is 13.8 Å². The number of hydrogen-bond acceptors (Lipinski definition) is 3. The summed E-state index contributed by atoms with van der Waals surface area (Å²) in [5.41, 5.74) is 3.21. The maximum Gasteiger partial charge on any atom is 0.319 e. The van der Waals surface area contributed by atoms with Gasteiger partial charge in [-0.05, 0) is 25.5 Å². The maximum absolute atomic E-state index is 13.0. The predicted octanol–water partition coefficient (Wildman–Crippen LogP) is 1.39. The third kappa shape index (κ3) is 2.81. The largest absolute Gasteiger partial charge is 0.334 e. The second-order valence-electron chi connectivity index (χ2n) is 6.44. The molecule has 1 aliphatic heterocycles. The van der Waals surface area contributed by atoms with E-state index < -0.39 is 0 Å². The number of pyridine rings is 1. The molecule has 1 saturated heterocycles. The van der Waals surface area contributed by atoms with E-state index in [2.05, 4.69) is 4.98 Å². The molecule has 3 heterocycles. The summed E-state index contributed by atoms with van der Waals surface area (Å²) in [5.74, 6) is -0.0254. The number of aromatic nitrogens is 2. The molecule has 1 fully saturated rings. The van der Waals surface area contributed by atoms with Gasteiger partial charge in [-0.25, -0.2) is 9.78 Å². The van der Waals surface area contributed by atoms with Crippen molar-refractivity contribution in [3.63, 3.8) is 0 Å². The van der Waals surface area contributed by atoms with Crippen molar-refractivity contribution in [2.75, 3.05) is 40.3 Å². The van der Waals surface area contributed by atoms with Crippen molar-refractivity contribution in [1.29, 1.82) is 0 Å². The number of piperazine rings is 1. The van der Waals surface area contributed by atoms with Crippen molar-refractivity contribution in [3.05, 3.63) is 35.3 Å². The average molecular weight is 329 g/mol. The van der Waals surface area contributed by atoms with Gasteiger partial charge in [-0.15, -0.1) is 0 Å². The second kappa shape index (κ2) is 6.14. The normalized spacial score (nSPS) is 15.0. The predicted molar refractivity (Wildman–Crippen MR) is 91.2 cm³/mol. The van der Waals surface area contributed by atoms with Gasteiger partial charge in [0.05, 0.1) is 5.69 Å². The van der Waals surface area contributed by atoms with Gasteiger partial charge in [-0.3, -0.25) is 9.20 Å². The zero-order valence-electron chi connectivity index (χ0n) is 14.6. The van der Waals surface area contributed by atoms with Crippen LogP contribution in [0.15, 0.2) is 18.3 Å². The Morgan fingerprint density at radius 2 is 1.67 bits per heavy atom. The van der Waals surface area contributed by atoms with E-state index in [-0.39, 0.29) is 11.9 Å². The Morgan fingerprint density at radius 1 is 1.04 bits per heavy atom. The molecule has 24 heavy (non-hydrogen) atoms. The summed E-state index contributed by atoms with van der Waals surface area (Å²) in [6, 6.07) is 3.90. The minimum absolute atomic E-state index is 0.0105. The molecule has 0 aromatic carbocycles. The smallest absolute Gasteiger partial charge is 0.319 e. The van der Waals surface area contributed by atoms with Crippen LogP contribution in [0.1, 0.15) is 21.7 Å². The van der Waals surface area contributed by atoms with E-state index in [0.29, 0.717) is 31.9 Å². The molecule has 0 spiro atoms. The molecular weight excluding hydrogens is 306 g/mol. The van der Waals surface area contributed by atoms with E-state index in [4.69, 9.17) is 0 Å². The molecule has 0 N–H and O–H groups in total. The fourth-order valence-corrected chi connectivity index (χ4v) is 3.06. The number of imidazole rings is 1. The van der Waals surface area contributed by atoms with Gasteiger partial charge < -0.3 is 14.7 Å². The summed E-state index contributed by atoms with van der Waals surface area (Å²) in [4.78, 5) is 34.6. The first-order valence-corrected chi connectivity index (χ1v) is 8.09. The van der Waals surface area contributed by atoms with Gasteiger partial charge in [0.2, 0.25) is 0 Å². The zero-order valence-corrected chi connectivity index (χ0v) is 14.6. The van der Waals surface area contributed by atoms with Crippen LogP contribution in [0, 0.1) is 13.8 Å². The SMILES string of the molecule is Cc1ccc2nc(C)c(C(=O)N3CCN(C(=O)N(C)C)CC3)n2c1. The summed E-state index contributed by atoms with van der Waals surface area (Å²) < 4.78 is 1.87. The number of urea groups is 1. The quantitative estimate of drug-likeness (QED) is 0.794. The van der Waals surface area contributed by atoms with Gasteiger partial charge in [0.15, 0.2) is 0 Å². The van der Waals surface area contributed by atoms with E-state index in [1.165, 1.54) is 0 Å². The lowest BCUT2D eigenvalue weighted by atomic mass is 10.2. The lowest BCUT2D eigenvalue weighted by molar-refractivity contribution is 0.0643. The highest BCUT2D eigenvalue weighted by atomic mass is 16.2.